The highest BCUT2D eigenvalue weighted by Gasteiger charge is 2.41. The number of hydrogen-bond acceptors (Lipinski definition) is 4. The SMILES string of the molecule is Cc1ccc(C2=C(Nc3ccc(N(C)C)cc3)C(=O)N(c3ccc(F)cc3F)C2=O)cc1. The minimum Gasteiger partial charge on any atom is -0.378 e. The van der Waals surface area contributed by atoms with Crippen LogP contribution in [0, 0.1) is 18.6 Å². The third-order valence-corrected chi connectivity index (χ3v) is 5.23. The van der Waals surface area contributed by atoms with Gasteiger partial charge < -0.3 is 10.2 Å². The van der Waals surface area contributed by atoms with E-state index in [0.717, 1.165) is 28.3 Å². The Hall–Kier alpha value is -4.00. The van der Waals surface area contributed by atoms with E-state index >= 15 is 0 Å². The van der Waals surface area contributed by atoms with Gasteiger partial charge in [0.2, 0.25) is 0 Å². The molecule has 1 N–H and O–H groups in total. The second-order valence-corrected chi connectivity index (χ2v) is 7.72. The Balaban J connectivity index is 1.80. The van der Waals surface area contributed by atoms with Crippen molar-refractivity contribution in [3.63, 3.8) is 0 Å². The number of benzene rings is 3. The van der Waals surface area contributed by atoms with Crippen LogP contribution in [0.15, 0.2) is 72.4 Å². The fourth-order valence-corrected chi connectivity index (χ4v) is 3.50. The molecule has 3 aromatic rings. The van der Waals surface area contributed by atoms with Gasteiger partial charge in [0.25, 0.3) is 11.8 Å². The molecule has 4 rings (SSSR count). The van der Waals surface area contributed by atoms with Crippen molar-refractivity contribution < 1.29 is 18.4 Å². The zero-order valence-corrected chi connectivity index (χ0v) is 17.8. The van der Waals surface area contributed by atoms with Gasteiger partial charge in [-0.2, -0.15) is 0 Å². The van der Waals surface area contributed by atoms with Gasteiger partial charge >= 0.3 is 0 Å². The maximum atomic E-state index is 14.5. The molecule has 162 valence electrons. The van der Waals surface area contributed by atoms with Gasteiger partial charge in [0, 0.05) is 31.5 Å². The molecule has 5 nitrogen and oxygen atoms in total. The molecule has 7 heteroatoms. The molecule has 0 unspecified atom stereocenters. The van der Waals surface area contributed by atoms with Crippen LogP contribution >= 0.6 is 0 Å². The number of halogens is 2. The van der Waals surface area contributed by atoms with E-state index in [1.807, 2.05) is 50.2 Å². The average Bonchev–Trinajstić information content (AvgIpc) is 2.99. The van der Waals surface area contributed by atoms with Crippen molar-refractivity contribution in [1.29, 1.82) is 0 Å². The van der Waals surface area contributed by atoms with Gasteiger partial charge in [0.05, 0.1) is 11.3 Å². The largest absolute Gasteiger partial charge is 0.378 e. The van der Waals surface area contributed by atoms with Gasteiger partial charge in [-0.25, -0.2) is 13.7 Å². The summed E-state index contributed by atoms with van der Waals surface area (Å²) in [7, 11) is 3.82. The van der Waals surface area contributed by atoms with Crippen molar-refractivity contribution in [2.75, 3.05) is 29.2 Å². The van der Waals surface area contributed by atoms with Crippen molar-refractivity contribution in [3.05, 3.63) is 95.2 Å². The number of hydrogen-bond donors (Lipinski definition) is 1. The number of aryl methyl sites for hydroxylation is 1. The van der Waals surface area contributed by atoms with Crippen molar-refractivity contribution in [2.45, 2.75) is 6.92 Å². The molecule has 0 fully saturated rings. The van der Waals surface area contributed by atoms with Crippen LogP contribution in [0.25, 0.3) is 5.57 Å². The molecule has 0 saturated carbocycles. The number of rotatable bonds is 5. The second kappa shape index (κ2) is 8.26. The normalized spacial score (nSPS) is 13.7. The number of carbonyl (C=O) groups is 2. The number of imide groups is 1. The Bertz CT molecular complexity index is 1230. The molecule has 3 aromatic carbocycles. The number of amides is 2. The van der Waals surface area contributed by atoms with Crippen LogP contribution in [0.1, 0.15) is 11.1 Å². The van der Waals surface area contributed by atoms with Crippen molar-refractivity contribution in [1.82, 2.24) is 0 Å². The summed E-state index contributed by atoms with van der Waals surface area (Å²) in [6.07, 6.45) is 0. The van der Waals surface area contributed by atoms with Gasteiger partial charge in [0.15, 0.2) is 0 Å². The quantitative estimate of drug-likeness (QED) is 0.591. The Morgan fingerprint density at radius 3 is 2.09 bits per heavy atom. The molecule has 32 heavy (non-hydrogen) atoms. The highest BCUT2D eigenvalue weighted by Crippen LogP contribution is 2.35. The van der Waals surface area contributed by atoms with Gasteiger partial charge in [-0.15, -0.1) is 0 Å². The van der Waals surface area contributed by atoms with Crippen molar-refractivity contribution >= 4 is 34.4 Å². The van der Waals surface area contributed by atoms with E-state index in [1.54, 1.807) is 24.3 Å². The van der Waals surface area contributed by atoms with Gasteiger partial charge in [0.1, 0.15) is 17.3 Å². The van der Waals surface area contributed by atoms with E-state index in [0.29, 0.717) is 17.3 Å². The lowest BCUT2D eigenvalue weighted by Crippen LogP contribution is -2.33. The molecule has 2 amide bonds. The number of nitrogens with one attached hydrogen (secondary N) is 1. The highest BCUT2D eigenvalue weighted by molar-refractivity contribution is 6.46. The lowest BCUT2D eigenvalue weighted by Gasteiger charge is -2.16. The highest BCUT2D eigenvalue weighted by atomic mass is 19.1. The van der Waals surface area contributed by atoms with E-state index in [1.165, 1.54) is 0 Å². The van der Waals surface area contributed by atoms with Gasteiger partial charge in [-0.3, -0.25) is 9.59 Å². The molecule has 0 radical (unpaired) electrons. The lowest BCUT2D eigenvalue weighted by atomic mass is 10.0. The van der Waals surface area contributed by atoms with Crippen LogP contribution < -0.4 is 15.1 Å². The average molecular weight is 433 g/mol. The summed E-state index contributed by atoms with van der Waals surface area (Å²) in [5, 5.41) is 3.03. The maximum absolute atomic E-state index is 14.5. The van der Waals surface area contributed by atoms with Crippen LogP contribution in [-0.4, -0.2) is 25.9 Å². The first-order chi connectivity index (χ1) is 15.3. The fourth-order valence-electron chi connectivity index (χ4n) is 3.50. The predicted octanol–water partition coefficient (Wildman–Crippen LogP) is 4.74. The molecular weight excluding hydrogens is 412 g/mol. The Morgan fingerprint density at radius 1 is 0.844 bits per heavy atom. The summed E-state index contributed by atoms with van der Waals surface area (Å²) >= 11 is 0. The predicted molar refractivity (Wildman–Crippen MR) is 121 cm³/mol. The molecule has 1 aliphatic rings. The lowest BCUT2D eigenvalue weighted by molar-refractivity contribution is -0.120. The van der Waals surface area contributed by atoms with E-state index in [4.69, 9.17) is 0 Å². The van der Waals surface area contributed by atoms with Crippen molar-refractivity contribution in [3.8, 4) is 0 Å². The molecule has 0 bridgehead atoms. The molecule has 0 atom stereocenters. The zero-order valence-electron chi connectivity index (χ0n) is 17.8. The van der Waals surface area contributed by atoms with Crippen molar-refractivity contribution in [2.24, 2.45) is 0 Å². The first-order valence-electron chi connectivity index (χ1n) is 9.96. The van der Waals surface area contributed by atoms with Gasteiger partial charge in [-0.05, 0) is 48.9 Å². The standard InChI is InChI=1S/C25H21F2N3O2/c1-15-4-6-16(7-5-15)22-23(28-18-9-11-19(12-10-18)29(2)3)25(32)30(24(22)31)21-13-8-17(26)14-20(21)27/h4-14,28H,1-3H3. The number of nitrogens with zero attached hydrogens (tertiary/aromatic N) is 2. The number of carbonyl (C=O) groups excluding carboxylic acids is 2. The Morgan fingerprint density at radius 2 is 1.50 bits per heavy atom. The molecule has 0 aliphatic carbocycles. The third-order valence-electron chi connectivity index (χ3n) is 5.23. The molecule has 1 aliphatic heterocycles. The molecule has 0 saturated heterocycles. The zero-order chi connectivity index (χ0) is 23.0. The fraction of sp³-hybridized carbons (Fsp3) is 0.120. The molecule has 0 aromatic heterocycles. The Labute approximate surface area is 184 Å². The molecule has 1 heterocycles. The number of anilines is 3. The molecular formula is C25H21F2N3O2. The Kier molecular flexibility index (Phi) is 5.48. The van der Waals surface area contributed by atoms with Crippen LogP contribution in [0.4, 0.5) is 25.8 Å². The first kappa shape index (κ1) is 21.2. The summed E-state index contributed by atoms with van der Waals surface area (Å²) in [5.41, 5.74) is 2.92. The summed E-state index contributed by atoms with van der Waals surface area (Å²) in [6.45, 7) is 1.91. The maximum Gasteiger partial charge on any atom is 0.282 e. The summed E-state index contributed by atoms with van der Waals surface area (Å²) in [4.78, 5) is 29.3. The minimum atomic E-state index is -0.994. The van der Waals surface area contributed by atoms with Crippen LogP contribution in [-0.2, 0) is 9.59 Å². The smallest absolute Gasteiger partial charge is 0.282 e. The topological polar surface area (TPSA) is 52.7 Å². The monoisotopic (exact) mass is 433 g/mol. The van der Waals surface area contributed by atoms with Crippen LogP contribution in [0.5, 0.6) is 0 Å². The minimum absolute atomic E-state index is 0.0279. The van der Waals surface area contributed by atoms with Crippen LogP contribution in [0.3, 0.4) is 0 Å². The van der Waals surface area contributed by atoms with E-state index in [2.05, 4.69) is 5.32 Å². The van der Waals surface area contributed by atoms with E-state index < -0.39 is 23.4 Å². The summed E-state index contributed by atoms with van der Waals surface area (Å²) < 4.78 is 27.9. The second-order valence-electron chi connectivity index (χ2n) is 7.72. The van der Waals surface area contributed by atoms with Crippen LogP contribution in [0.2, 0.25) is 0 Å². The van der Waals surface area contributed by atoms with E-state index in [-0.39, 0.29) is 17.0 Å². The first-order valence-corrected chi connectivity index (χ1v) is 9.96. The summed E-state index contributed by atoms with van der Waals surface area (Å²) in [6, 6.07) is 17.2. The summed E-state index contributed by atoms with van der Waals surface area (Å²) in [5.74, 6) is -3.19. The van der Waals surface area contributed by atoms with Gasteiger partial charge in [-0.1, -0.05) is 29.8 Å². The van der Waals surface area contributed by atoms with E-state index in [9.17, 15) is 18.4 Å². The molecule has 0 spiro atoms. The third kappa shape index (κ3) is 3.85.